The fraction of sp³-hybridized carbons (Fsp3) is 0.200. The van der Waals surface area contributed by atoms with Crippen LogP contribution in [0.1, 0.15) is 21.6 Å². The van der Waals surface area contributed by atoms with Crippen LogP contribution >= 0.6 is 22.9 Å². The zero-order valence-electron chi connectivity index (χ0n) is 13.5. The van der Waals surface area contributed by atoms with Crippen molar-refractivity contribution >= 4 is 22.9 Å². The Bertz CT molecular complexity index is 754. The molecule has 1 heterocycles. The molecule has 0 aliphatic heterocycles. The van der Waals surface area contributed by atoms with Crippen LogP contribution in [0.5, 0.6) is 0 Å². The van der Waals surface area contributed by atoms with Gasteiger partial charge in [-0.3, -0.25) is 4.90 Å². The minimum Gasteiger partial charge on any atom is -0.326 e. The van der Waals surface area contributed by atoms with Crippen LogP contribution in [0.2, 0.25) is 5.02 Å². The summed E-state index contributed by atoms with van der Waals surface area (Å²) in [6.07, 6.45) is 0. The Morgan fingerprint density at radius 3 is 2.29 bits per heavy atom. The summed E-state index contributed by atoms with van der Waals surface area (Å²) >= 11 is 7.80. The summed E-state index contributed by atoms with van der Waals surface area (Å²) < 4.78 is 0. The minimum atomic E-state index is 0.579. The van der Waals surface area contributed by atoms with Crippen LogP contribution in [0, 0.1) is 0 Å². The van der Waals surface area contributed by atoms with Gasteiger partial charge >= 0.3 is 0 Å². The van der Waals surface area contributed by atoms with Crippen LogP contribution in [0.15, 0.2) is 66.0 Å². The molecule has 2 nitrogen and oxygen atoms in total. The molecule has 0 bridgehead atoms. The van der Waals surface area contributed by atoms with Gasteiger partial charge in [-0.25, -0.2) is 0 Å². The summed E-state index contributed by atoms with van der Waals surface area (Å²) in [6, 6.07) is 20.9. The molecule has 4 heteroatoms. The molecule has 2 aromatic carbocycles. The van der Waals surface area contributed by atoms with Crippen LogP contribution in [0.3, 0.4) is 0 Å². The molecule has 24 heavy (non-hydrogen) atoms. The lowest BCUT2D eigenvalue weighted by atomic mass is 10.1. The number of rotatable bonds is 7. The van der Waals surface area contributed by atoms with E-state index in [1.54, 1.807) is 11.3 Å². The van der Waals surface area contributed by atoms with E-state index in [1.807, 2.05) is 12.1 Å². The molecule has 0 radical (unpaired) electrons. The molecule has 3 aromatic rings. The molecule has 1 aromatic heterocycles. The van der Waals surface area contributed by atoms with E-state index in [1.165, 1.54) is 21.6 Å². The third-order valence-electron chi connectivity index (χ3n) is 3.91. The van der Waals surface area contributed by atoms with Crippen molar-refractivity contribution in [2.45, 2.75) is 26.2 Å². The van der Waals surface area contributed by atoms with E-state index in [-0.39, 0.29) is 0 Å². The average molecular weight is 357 g/mol. The van der Waals surface area contributed by atoms with Crippen molar-refractivity contribution in [3.63, 3.8) is 0 Å². The summed E-state index contributed by atoms with van der Waals surface area (Å²) in [5.74, 6) is 0. The van der Waals surface area contributed by atoms with Gasteiger partial charge in [0.25, 0.3) is 0 Å². The first-order valence-corrected chi connectivity index (χ1v) is 9.26. The molecule has 0 atom stereocenters. The topological polar surface area (TPSA) is 29.3 Å². The molecule has 0 saturated carbocycles. The number of thiophene rings is 1. The molecule has 0 aliphatic carbocycles. The number of hydrogen-bond donors (Lipinski definition) is 1. The van der Waals surface area contributed by atoms with E-state index in [4.69, 9.17) is 17.3 Å². The Kier molecular flexibility index (Phi) is 6.05. The lowest BCUT2D eigenvalue weighted by Crippen LogP contribution is -2.22. The number of nitrogens with two attached hydrogens (primary N) is 1. The van der Waals surface area contributed by atoms with Crippen LogP contribution in [-0.2, 0) is 26.2 Å². The summed E-state index contributed by atoms with van der Waals surface area (Å²) in [5.41, 5.74) is 9.51. The van der Waals surface area contributed by atoms with E-state index in [0.717, 1.165) is 24.7 Å². The van der Waals surface area contributed by atoms with Gasteiger partial charge in [-0.1, -0.05) is 54.1 Å². The highest BCUT2D eigenvalue weighted by Gasteiger charge is 2.09. The fourth-order valence-corrected chi connectivity index (χ4v) is 3.62. The third kappa shape index (κ3) is 4.92. The van der Waals surface area contributed by atoms with Gasteiger partial charge in [-0.15, -0.1) is 11.3 Å². The van der Waals surface area contributed by atoms with Gasteiger partial charge in [0.05, 0.1) is 0 Å². The first-order chi connectivity index (χ1) is 11.7. The summed E-state index contributed by atoms with van der Waals surface area (Å²) in [4.78, 5) is 3.82. The van der Waals surface area contributed by atoms with E-state index < -0.39 is 0 Å². The Balaban J connectivity index is 1.76. The van der Waals surface area contributed by atoms with E-state index in [9.17, 15) is 0 Å². The van der Waals surface area contributed by atoms with Gasteiger partial charge in [0.15, 0.2) is 0 Å². The predicted molar refractivity (Wildman–Crippen MR) is 103 cm³/mol. The molecule has 0 unspecified atom stereocenters. The van der Waals surface area contributed by atoms with Crippen molar-refractivity contribution in [2.75, 3.05) is 0 Å². The van der Waals surface area contributed by atoms with Gasteiger partial charge in [-0.05, 0) is 40.3 Å². The smallest absolute Gasteiger partial charge is 0.0406 e. The molecule has 0 amide bonds. The number of halogens is 1. The van der Waals surface area contributed by atoms with E-state index >= 15 is 0 Å². The van der Waals surface area contributed by atoms with Crippen LogP contribution in [0.25, 0.3) is 0 Å². The van der Waals surface area contributed by atoms with Crippen molar-refractivity contribution < 1.29 is 0 Å². The molecule has 0 fully saturated rings. The molecular weight excluding hydrogens is 336 g/mol. The lowest BCUT2D eigenvalue weighted by molar-refractivity contribution is 0.250. The Hall–Kier alpha value is -1.65. The summed E-state index contributed by atoms with van der Waals surface area (Å²) in [5, 5.41) is 2.91. The molecule has 0 saturated heterocycles. The van der Waals surface area contributed by atoms with Gasteiger partial charge in [-0.2, -0.15) is 0 Å². The van der Waals surface area contributed by atoms with Crippen LogP contribution in [-0.4, -0.2) is 4.90 Å². The maximum atomic E-state index is 6.00. The molecule has 0 aliphatic rings. The molecule has 2 N–H and O–H groups in total. The fourth-order valence-electron chi connectivity index (χ4n) is 2.75. The third-order valence-corrected chi connectivity index (χ3v) is 5.03. The van der Waals surface area contributed by atoms with Crippen molar-refractivity contribution in [1.29, 1.82) is 0 Å². The quantitative estimate of drug-likeness (QED) is 0.640. The zero-order chi connectivity index (χ0) is 16.8. The second-order valence-electron chi connectivity index (χ2n) is 5.88. The monoisotopic (exact) mass is 356 g/mol. The highest BCUT2D eigenvalue weighted by Crippen LogP contribution is 2.19. The Morgan fingerprint density at radius 2 is 1.58 bits per heavy atom. The summed E-state index contributed by atoms with van der Waals surface area (Å²) in [6.45, 7) is 3.30. The lowest BCUT2D eigenvalue weighted by Gasteiger charge is -2.22. The highest BCUT2D eigenvalue weighted by molar-refractivity contribution is 7.09. The summed E-state index contributed by atoms with van der Waals surface area (Å²) in [7, 11) is 0. The standard InChI is InChI=1S/C20H21ClN2S/c21-19-8-6-16(7-9-19)13-23(15-20-5-2-10-24-20)14-18-4-1-3-17(11-18)12-22/h1-11H,12-15,22H2. The van der Waals surface area contributed by atoms with Crippen LogP contribution < -0.4 is 5.73 Å². The average Bonchev–Trinajstić information content (AvgIpc) is 3.10. The number of hydrogen-bond acceptors (Lipinski definition) is 3. The molecule has 0 spiro atoms. The van der Waals surface area contributed by atoms with Crippen molar-refractivity contribution in [1.82, 2.24) is 4.90 Å². The van der Waals surface area contributed by atoms with Gasteiger partial charge in [0.1, 0.15) is 0 Å². The van der Waals surface area contributed by atoms with Gasteiger partial charge in [0, 0.05) is 36.1 Å². The molecular formula is C20H21ClN2S. The van der Waals surface area contributed by atoms with Crippen molar-refractivity contribution in [2.24, 2.45) is 5.73 Å². The van der Waals surface area contributed by atoms with Crippen molar-refractivity contribution in [3.05, 3.63) is 92.6 Å². The Labute approximate surface area is 152 Å². The minimum absolute atomic E-state index is 0.579. The van der Waals surface area contributed by atoms with Gasteiger partial charge < -0.3 is 5.73 Å². The van der Waals surface area contributed by atoms with Gasteiger partial charge in [0.2, 0.25) is 0 Å². The second kappa shape index (κ2) is 8.45. The first-order valence-electron chi connectivity index (χ1n) is 8.00. The van der Waals surface area contributed by atoms with E-state index in [2.05, 4.69) is 58.8 Å². The SMILES string of the molecule is NCc1cccc(CN(Cc2ccc(Cl)cc2)Cc2cccs2)c1. The Morgan fingerprint density at radius 1 is 0.833 bits per heavy atom. The second-order valence-corrected chi connectivity index (χ2v) is 7.34. The molecule has 124 valence electrons. The largest absolute Gasteiger partial charge is 0.326 e. The normalized spacial score (nSPS) is 11.1. The number of benzene rings is 2. The highest BCUT2D eigenvalue weighted by atomic mass is 35.5. The van der Waals surface area contributed by atoms with Crippen molar-refractivity contribution in [3.8, 4) is 0 Å². The maximum Gasteiger partial charge on any atom is 0.0406 e. The predicted octanol–water partition coefficient (Wildman–Crippen LogP) is 5.06. The molecule has 3 rings (SSSR count). The maximum absolute atomic E-state index is 6.00. The number of nitrogens with zero attached hydrogens (tertiary/aromatic N) is 1. The first kappa shape index (κ1) is 17.2. The zero-order valence-corrected chi connectivity index (χ0v) is 15.1. The van der Waals surface area contributed by atoms with E-state index in [0.29, 0.717) is 6.54 Å². The van der Waals surface area contributed by atoms with Crippen LogP contribution in [0.4, 0.5) is 0 Å².